The predicted molar refractivity (Wildman–Crippen MR) is 72.8 cm³/mol. The number of hydrogen-bond acceptors (Lipinski definition) is 4. The van der Waals surface area contributed by atoms with Gasteiger partial charge in [0.25, 0.3) is 0 Å². The van der Waals surface area contributed by atoms with Crippen LogP contribution in [0.1, 0.15) is 0 Å². The van der Waals surface area contributed by atoms with E-state index in [1.165, 1.54) is 10.8 Å². The fraction of sp³-hybridized carbons (Fsp3) is 0. The zero-order valence-electron chi connectivity index (χ0n) is 9.67. The molecule has 0 aliphatic carbocycles. The van der Waals surface area contributed by atoms with E-state index in [9.17, 15) is 0 Å². The second-order valence-corrected chi connectivity index (χ2v) is 3.97. The first kappa shape index (κ1) is 10.7. The standard InChI is InChI=1S/C14H12N4/c15-16-14-9-8-13(17-18-14)12-7-3-5-10-4-1-2-6-11(10)12/h1-9H,15H2,(H,16,18). The van der Waals surface area contributed by atoms with Gasteiger partial charge in [-0.25, -0.2) is 5.84 Å². The summed E-state index contributed by atoms with van der Waals surface area (Å²) in [7, 11) is 0. The maximum Gasteiger partial charge on any atom is 0.162 e. The van der Waals surface area contributed by atoms with Crippen molar-refractivity contribution < 1.29 is 0 Å². The number of rotatable bonds is 2. The summed E-state index contributed by atoms with van der Waals surface area (Å²) >= 11 is 0. The van der Waals surface area contributed by atoms with Crippen LogP contribution in [0.15, 0.2) is 54.6 Å². The van der Waals surface area contributed by atoms with E-state index in [0.717, 1.165) is 11.3 Å². The third-order valence-electron chi connectivity index (χ3n) is 2.88. The average molecular weight is 236 g/mol. The molecular formula is C14H12N4. The number of anilines is 1. The molecule has 0 amide bonds. The molecule has 0 saturated carbocycles. The van der Waals surface area contributed by atoms with Crippen molar-refractivity contribution in [3.8, 4) is 11.3 Å². The topological polar surface area (TPSA) is 63.8 Å². The summed E-state index contributed by atoms with van der Waals surface area (Å²) < 4.78 is 0. The van der Waals surface area contributed by atoms with E-state index in [4.69, 9.17) is 5.84 Å². The first-order valence-electron chi connectivity index (χ1n) is 5.67. The maximum atomic E-state index is 5.28. The highest BCUT2D eigenvalue weighted by atomic mass is 15.3. The summed E-state index contributed by atoms with van der Waals surface area (Å²) in [5, 5.41) is 10.5. The minimum atomic E-state index is 0.555. The molecule has 88 valence electrons. The molecule has 0 atom stereocenters. The molecule has 3 rings (SSSR count). The Bertz CT molecular complexity index is 671. The van der Waals surface area contributed by atoms with Gasteiger partial charge in [0.1, 0.15) is 0 Å². The molecule has 2 aromatic carbocycles. The number of nitrogens with zero attached hydrogens (tertiary/aromatic N) is 2. The van der Waals surface area contributed by atoms with Gasteiger partial charge in [-0.15, -0.1) is 10.2 Å². The van der Waals surface area contributed by atoms with Crippen LogP contribution in [0, 0.1) is 0 Å². The zero-order valence-corrected chi connectivity index (χ0v) is 9.67. The SMILES string of the molecule is NNc1ccc(-c2cccc3ccccc23)nn1. The van der Waals surface area contributed by atoms with E-state index in [2.05, 4.69) is 33.8 Å². The van der Waals surface area contributed by atoms with Gasteiger partial charge in [-0.1, -0.05) is 42.5 Å². The molecule has 0 fully saturated rings. The molecule has 4 nitrogen and oxygen atoms in total. The van der Waals surface area contributed by atoms with Crippen molar-refractivity contribution in [2.24, 2.45) is 5.84 Å². The first-order valence-corrected chi connectivity index (χ1v) is 5.67. The molecule has 0 spiro atoms. The molecule has 18 heavy (non-hydrogen) atoms. The Morgan fingerprint density at radius 3 is 2.44 bits per heavy atom. The normalized spacial score (nSPS) is 10.5. The van der Waals surface area contributed by atoms with Crippen molar-refractivity contribution in [1.82, 2.24) is 10.2 Å². The van der Waals surface area contributed by atoms with Crippen LogP contribution in [-0.2, 0) is 0 Å². The van der Waals surface area contributed by atoms with E-state index >= 15 is 0 Å². The van der Waals surface area contributed by atoms with Crippen LogP contribution in [0.3, 0.4) is 0 Å². The molecular weight excluding hydrogens is 224 g/mol. The number of nitrogens with two attached hydrogens (primary N) is 1. The lowest BCUT2D eigenvalue weighted by atomic mass is 10.0. The lowest BCUT2D eigenvalue weighted by Gasteiger charge is -2.05. The van der Waals surface area contributed by atoms with Gasteiger partial charge in [0, 0.05) is 5.56 Å². The van der Waals surface area contributed by atoms with Gasteiger partial charge in [-0.05, 0) is 22.9 Å². The molecule has 0 unspecified atom stereocenters. The van der Waals surface area contributed by atoms with Crippen LogP contribution in [0.25, 0.3) is 22.0 Å². The van der Waals surface area contributed by atoms with Gasteiger partial charge in [0.15, 0.2) is 5.82 Å². The Morgan fingerprint density at radius 1 is 0.833 bits per heavy atom. The molecule has 0 radical (unpaired) electrons. The molecule has 1 aromatic heterocycles. The molecule has 1 heterocycles. The van der Waals surface area contributed by atoms with Gasteiger partial charge in [-0.2, -0.15) is 0 Å². The van der Waals surface area contributed by atoms with Crippen molar-refractivity contribution in [2.45, 2.75) is 0 Å². The van der Waals surface area contributed by atoms with E-state index in [-0.39, 0.29) is 0 Å². The number of aromatic nitrogens is 2. The first-order chi connectivity index (χ1) is 8.88. The van der Waals surface area contributed by atoms with Gasteiger partial charge in [0.05, 0.1) is 5.69 Å². The molecule has 3 N–H and O–H groups in total. The molecule has 0 bridgehead atoms. The van der Waals surface area contributed by atoms with Crippen LogP contribution < -0.4 is 11.3 Å². The summed E-state index contributed by atoms with van der Waals surface area (Å²) in [4.78, 5) is 0. The van der Waals surface area contributed by atoms with E-state index in [1.54, 1.807) is 0 Å². The smallest absolute Gasteiger partial charge is 0.162 e. The number of benzene rings is 2. The Hall–Kier alpha value is -2.46. The van der Waals surface area contributed by atoms with Crippen molar-refractivity contribution >= 4 is 16.6 Å². The zero-order chi connectivity index (χ0) is 12.4. The van der Waals surface area contributed by atoms with Crippen molar-refractivity contribution in [3.63, 3.8) is 0 Å². The Kier molecular flexibility index (Phi) is 2.63. The maximum absolute atomic E-state index is 5.28. The number of nitrogens with one attached hydrogen (secondary N) is 1. The van der Waals surface area contributed by atoms with E-state index < -0.39 is 0 Å². The van der Waals surface area contributed by atoms with Crippen molar-refractivity contribution in [2.75, 3.05) is 5.43 Å². The van der Waals surface area contributed by atoms with Crippen LogP contribution in [0.2, 0.25) is 0 Å². The van der Waals surface area contributed by atoms with Crippen LogP contribution in [0.4, 0.5) is 5.82 Å². The Labute approximate surface area is 104 Å². The fourth-order valence-electron chi connectivity index (χ4n) is 2.00. The van der Waals surface area contributed by atoms with Crippen molar-refractivity contribution in [3.05, 3.63) is 54.6 Å². The molecule has 0 aliphatic heterocycles. The van der Waals surface area contributed by atoms with Gasteiger partial charge in [0.2, 0.25) is 0 Å². The number of fused-ring (bicyclic) bond motifs is 1. The highest BCUT2D eigenvalue weighted by Gasteiger charge is 2.04. The minimum absolute atomic E-state index is 0.555. The summed E-state index contributed by atoms with van der Waals surface area (Å²) in [6.07, 6.45) is 0. The Morgan fingerprint density at radius 2 is 1.67 bits per heavy atom. The average Bonchev–Trinajstić information content (AvgIpc) is 2.47. The van der Waals surface area contributed by atoms with Gasteiger partial charge >= 0.3 is 0 Å². The lowest BCUT2D eigenvalue weighted by Crippen LogP contribution is -2.09. The predicted octanol–water partition coefficient (Wildman–Crippen LogP) is 2.58. The van der Waals surface area contributed by atoms with Crippen LogP contribution >= 0.6 is 0 Å². The fourth-order valence-corrected chi connectivity index (χ4v) is 2.00. The lowest BCUT2D eigenvalue weighted by molar-refractivity contribution is 1.03. The molecule has 3 aromatic rings. The second kappa shape index (κ2) is 4.43. The quantitative estimate of drug-likeness (QED) is 0.530. The van der Waals surface area contributed by atoms with Crippen molar-refractivity contribution in [1.29, 1.82) is 0 Å². The van der Waals surface area contributed by atoms with Gasteiger partial charge < -0.3 is 5.43 Å². The summed E-state index contributed by atoms with van der Waals surface area (Å²) in [5.74, 6) is 5.83. The molecule has 4 heteroatoms. The van der Waals surface area contributed by atoms with Crippen LogP contribution in [0.5, 0.6) is 0 Å². The summed E-state index contributed by atoms with van der Waals surface area (Å²) in [6, 6.07) is 18.1. The highest BCUT2D eigenvalue weighted by Crippen LogP contribution is 2.26. The van der Waals surface area contributed by atoms with E-state index in [1.807, 2.05) is 36.4 Å². The third-order valence-corrected chi connectivity index (χ3v) is 2.88. The third kappa shape index (κ3) is 1.78. The van der Waals surface area contributed by atoms with E-state index in [0.29, 0.717) is 5.82 Å². The monoisotopic (exact) mass is 236 g/mol. The minimum Gasteiger partial charge on any atom is -0.307 e. The summed E-state index contributed by atoms with van der Waals surface area (Å²) in [6.45, 7) is 0. The number of nitrogen functional groups attached to an aromatic ring is 1. The Balaban J connectivity index is 2.18. The van der Waals surface area contributed by atoms with Gasteiger partial charge in [-0.3, -0.25) is 0 Å². The second-order valence-electron chi connectivity index (χ2n) is 3.97. The van der Waals surface area contributed by atoms with Crippen LogP contribution in [-0.4, -0.2) is 10.2 Å². The highest BCUT2D eigenvalue weighted by molar-refractivity contribution is 5.95. The molecule has 0 aliphatic rings. The number of hydrazine groups is 1. The largest absolute Gasteiger partial charge is 0.307 e. The molecule has 0 saturated heterocycles. The number of hydrogen-bond donors (Lipinski definition) is 2. The summed E-state index contributed by atoms with van der Waals surface area (Å²) in [5.41, 5.74) is 4.38.